The van der Waals surface area contributed by atoms with Crippen molar-refractivity contribution in [1.82, 2.24) is 29.7 Å². The van der Waals surface area contributed by atoms with Crippen LogP contribution in [0.2, 0.25) is 0 Å². The molecular formula is C32H37FN6O5. The van der Waals surface area contributed by atoms with Crippen LogP contribution >= 0.6 is 0 Å². The number of amides is 3. The maximum absolute atomic E-state index is 14.4. The summed E-state index contributed by atoms with van der Waals surface area (Å²) in [5.74, 6) is -0.296. The normalized spacial score (nSPS) is 23.7. The molecule has 4 aliphatic rings. The highest BCUT2D eigenvalue weighted by atomic mass is 19.1. The van der Waals surface area contributed by atoms with Crippen molar-refractivity contribution in [2.75, 3.05) is 39.4 Å². The zero-order valence-electron chi connectivity index (χ0n) is 25.3. The molecule has 2 aromatic heterocycles. The Bertz CT molecular complexity index is 1630. The highest BCUT2D eigenvalue weighted by Crippen LogP contribution is 2.38. The van der Waals surface area contributed by atoms with Gasteiger partial charge in [-0.05, 0) is 68.9 Å². The van der Waals surface area contributed by atoms with Crippen molar-refractivity contribution in [1.29, 1.82) is 0 Å². The Labute approximate surface area is 254 Å². The average molecular weight is 605 g/mol. The number of H-pyrrole nitrogens is 1. The fourth-order valence-corrected chi connectivity index (χ4v) is 7.05. The molecule has 5 heterocycles. The van der Waals surface area contributed by atoms with Gasteiger partial charge in [0.15, 0.2) is 11.5 Å². The summed E-state index contributed by atoms with van der Waals surface area (Å²) in [6.07, 6.45) is 4.71. The van der Waals surface area contributed by atoms with E-state index in [9.17, 15) is 18.8 Å². The van der Waals surface area contributed by atoms with Gasteiger partial charge in [0.1, 0.15) is 16.9 Å². The first-order chi connectivity index (χ1) is 21.1. The molecule has 232 valence electrons. The molecule has 11 nitrogen and oxygen atoms in total. The number of benzene rings is 1. The summed E-state index contributed by atoms with van der Waals surface area (Å²) in [6.45, 7) is 8.33. The van der Waals surface area contributed by atoms with Gasteiger partial charge >= 0.3 is 12.1 Å². The predicted octanol–water partition coefficient (Wildman–Crippen LogP) is 4.46. The highest BCUT2D eigenvalue weighted by molar-refractivity contribution is 5.88. The van der Waals surface area contributed by atoms with Crippen LogP contribution in [0.25, 0.3) is 22.4 Å². The Kier molecular flexibility index (Phi) is 7.06. The molecule has 2 unspecified atom stereocenters. The van der Waals surface area contributed by atoms with E-state index in [1.165, 1.54) is 6.20 Å². The van der Waals surface area contributed by atoms with E-state index < -0.39 is 23.6 Å². The molecule has 1 aromatic carbocycles. The molecule has 2 bridgehead atoms. The van der Waals surface area contributed by atoms with Crippen LogP contribution in [0, 0.1) is 17.7 Å². The number of fused-ring (bicyclic) bond motifs is 4. The van der Waals surface area contributed by atoms with Gasteiger partial charge in [-0.3, -0.25) is 9.69 Å². The molecule has 1 saturated carbocycles. The molecule has 3 amide bonds. The third-order valence-corrected chi connectivity index (χ3v) is 9.21. The Morgan fingerprint density at radius 1 is 1.11 bits per heavy atom. The molecule has 3 aromatic rings. The number of aromatic amines is 1. The maximum atomic E-state index is 14.4. The molecular weight excluding hydrogens is 567 g/mol. The number of likely N-dealkylation sites (tertiary alicyclic amines) is 1. The largest absolute Gasteiger partial charge is 0.444 e. The molecule has 12 heteroatoms. The molecule has 7 rings (SSSR count). The molecule has 3 aliphatic heterocycles. The number of carbonyl (C=O) groups excluding carboxylic acids is 3. The van der Waals surface area contributed by atoms with E-state index in [0.717, 1.165) is 35.1 Å². The topological polar surface area (TPSA) is 121 Å². The lowest BCUT2D eigenvalue weighted by atomic mass is 9.87. The molecule has 3 atom stereocenters. The summed E-state index contributed by atoms with van der Waals surface area (Å²) >= 11 is 0. The number of Topliss-reactive ketones (excluding diaryl/α,β-unsaturated/α-hetero) is 1. The fraction of sp³-hybridized carbons (Fsp3) is 0.531. The summed E-state index contributed by atoms with van der Waals surface area (Å²) in [6, 6.07) is 3.47. The molecule has 1 aliphatic carbocycles. The summed E-state index contributed by atoms with van der Waals surface area (Å²) in [5.41, 5.74) is 3.92. The van der Waals surface area contributed by atoms with Gasteiger partial charge in [0.05, 0.1) is 31.1 Å². The number of urea groups is 1. The summed E-state index contributed by atoms with van der Waals surface area (Å²) in [5, 5.41) is 0. The first-order valence-electron chi connectivity index (χ1n) is 15.4. The SMILES string of the molecule is CC(C)(C)OC(=O)N1CCOC[C@H]1c1cc(-c2cnc3[nH]cc(F)c3n2)cc2c1CN(C(=O)N1CC3CCC(C1)C3=O)CC2. The number of morpholine rings is 1. The van der Waals surface area contributed by atoms with Crippen LogP contribution in [-0.4, -0.2) is 92.6 Å². The van der Waals surface area contributed by atoms with Crippen molar-refractivity contribution in [3.8, 4) is 11.3 Å². The molecule has 0 radical (unpaired) electrons. The number of piperidine rings is 1. The number of ketones is 1. The van der Waals surface area contributed by atoms with E-state index in [4.69, 9.17) is 9.47 Å². The standard InChI is InChI=1S/C32H37FN6O5/c1-32(2,3)44-31(42)39-8-9-43-17-26(39)22-11-21(25-13-35-29-27(36-25)24(33)12-34-29)10-18-6-7-37(16-23(18)22)30(41)38-14-19-4-5-20(15-38)28(19)40/h10-13,19-20,26H,4-9,14-17H2,1-3H3,(H,34,35)/t19?,20?,26-/m0/s1. The Hall–Kier alpha value is -4.06. The lowest BCUT2D eigenvalue weighted by Crippen LogP contribution is -2.52. The minimum absolute atomic E-state index is 0.0572. The van der Waals surface area contributed by atoms with Gasteiger partial charge in [0, 0.05) is 56.3 Å². The number of carbonyl (C=O) groups is 3. The quantitative estimate of drug-likeness (QED) is 0.459. The molecule has 0 spiro atoms. The third kappa shape index (κ3) is 5.18. The molecule has 1 N–H and O–H groups in total. The Morgan fingerprint density at radius 3 is 2.64 bits per heavy atom. The van der Waals surface area contributed by atoms with Crippen LogP contribution in [-0.2, 0) is 27.2 Å². The van der Waals surface area contributed by atoms with E-state index in [0.29, 0.717) is 62.9 Å². The van der Waals surface area contributed by atoms with Gasteiger partial charge in [-0.2, -0.15) is 0 Å². The van der Waals surface area contributed by atoms with E-state index >= 15 is 0 Å². The average Bonchev–Trinajstić information content (AvgIpc) is 3.45. The Balaban J connectivity index is 1.26. The number of hydrogen-bond donors (Lipinski definition) is 1. The van der Waals surface area contributed by atoms with Crippen LogP contribution in [0.4, 0.5) is 14.0 Å². The lowest BCUT2D eigenvalue weighted by Gasteiger charge is -2.41. The third-order valence-electron chi connectivity index (χ3n) is 9.21. The van der Waals surface area contributed by atoms with Crippen molar-refractivity contribution in [2.45, 2.75) is 58.2 Å². The van der Waals surface area contributed by atoms with Gasteiger partial charge in [-0.1, -0.05) is 0 Å². The highest BCUT2D eigenvalue weighted by Gasteiger charge is 2.43. The monoisotopic (exact) mass is 604 g/mol. The second-order valence-electron chi connectivity index (χ2n) is 13.3. The smallest absolute Gasteiger partial charge is 0.410 e. The van der Waals surface area contributed by atoms with Crippen LogP contribution in [0.5, 0.6) is 0 Å². The van der Waals surface area contributed by atoms with E-state index in [1.807, 2.05) is 42.7 Å². The van der Waals surface area contributed by atoms with Crippen molar-refractivity contribution >= 4 is 29.1 Å². The van der Waals surface area contributed by atoms with Crippen molar-refractivity contribution < 1.29 is 28.2 Å². The number of hydrogen-bond acceptors (Lipinski definition) is 7. The molecule has 2 saturated heterocycles. The minimum Gasteiger partial charge on any atom is -0.444 e. The summed E-state index contributed by atoms with van der Waals surface area (Å²) in [4.78, 5) is 56.8. The van der Waals surface area contributed by atoms with Gasteiger partial charge < -0.3 is 24.3 Å². The van der Waals surface area contributed by atoms with Crippen molar-refractivity contribution in [3.05, 3.63) is 47.0 Å². The Morgan fingerprint density at radius 2 is 1.89 bits per heavy atom. The van der Waals surface area contributed by atoms with Gasteiger partial charge in [-0.15, -0.1) is 0 Å². The summed E-state index contributed by atoms with van der Waals surface area (Å²) < 4.78 is 26.1. The molecule has 3 fully saturated rings. The van der Waals surface area contributed by atoms with E-state index in [2.05, 4.69) is 15.0 Å². The molecule has 44 heavy (non-hydrogen) atoms. The zero-order valence-corrected chi connectivity index (χ0v) is 25.3. The maximum Gasteiger partial charge on any atom is 0.410 e. The number of rotatable bonds is 2. The first-order valence-corrected chi connectivity index (χ1v) is 15.4. The second-order valence-corrected chi connectivity index (χ2v) is 13.3. The number of nitrogens with one attached hydrogen (secondary N) is 1. The second kappa shape index (κ2) is 10.8. The lowest BCUT2D eigenvalue weighted by molar-refractivity contribution is -0.126. The number of ether oxygens (including phenoxy) is 2. The van der Waals surface area contributed by atoms with Gasteiger partial charge in [0.25, 0.3) is 0 Å². The number of aromatic nitrogens is 3. The fourth-order valence-electron chi connectivity index (χ4n) is 7.05. The van der Waals surface area contributed by atoms with E-state index in [1.54, 1.807) is 11.1 Å². The van der Waals surface area contributed by atoms with Gasteiger partial charge in [-0.25, -0.2) is 23.9 Å². The zero-order chi connectivity index (χ0) is 30.7. The van der Waals surface area contributed by atoms with Crippen LogP contribution in [0.1, 0.15) is 56.3 Å². The number of nitrogens with zero attached hydrogens (tertiary/aromatic N) is 5. The predicted molar refractivity (Wildman–Crippen MR) is 158 cm³/mol. The first kappa shape index (κ1) is 28.7. The van der Waals surface area contributed by atoms with E-state index in [-0.39, 0.29) is 30.0 Å². The van der Waals surface area contributed by atoms with Crippen molar-refractivity contribution in [2.24, 2.45) is 11.8 Å². The van der Waals surface area contributed by atoms with Crippen LogP contribution in [0.15, 0.2) is 24.5 Å². The number of halogens is 1. The summed E-state index contributed by atoms with van der Waals surface area (Å²) in [7, 11) is 0. The van der Waals surface area contributed by atoms with Gasteiger partial charge in [0.2, 0.25) is 0 Å². The van der Waals surface area contributed by atoms with Crippen molar-refractivity contribution in [3.63, 3.8) is 0 Å². The van der Waals surface area contributed by atoms with Crippen LogP contribution < -0.4 is 0 Å². The minimum atomic E-state index is -0.675. The van der Waals surface area contributed by atoms with Crippen LogP contribution in [0.3, 0.4) is 0 Å².